The van der Waals surface area contributed by atoms with Crippen molar-refractivity contribution < 1.29 is 0 Å². The molecule has 72 valence electrons. The summed E-state index contributed by atoms with van der Waals surface area (Å²) in [6.45, 7) is 2.15. The normalized spacial score (nSPS) is 10.3. The maximum atomic E-state index is 5.90. The Bertz CT molecular complexity index is 280. The number of thioether (sulfide) groups is 1. The molecule has 1 aromatic heterocycles. The summed E-state index contributed by atoms with van der Waals surface area (Å²) < 4.78 is 0. The number of nitrogens with two attached hydrogens (primary N) is 1. The third-order valence-corrected chi connectivity index (χ3v) is 3.08. The largest absolute Gasteiger partial charge is 0.382 e. The summed E-state index contributed by atoms with van der Waals surface area (Å²) in [4.78, 5) is 7.84. The smallest absolute Gasteiger partial charge is 0.146 e. The molecule has 0 radical (unpaired) electrons. The van der Waals surface area contributed by atoms with E-state index in [9.17, 15) is 0 Å². The zero-order chi connectivity index (χ0) is 9.68. The Morgan fingerprint density at radius 3 is 3.00 bits per heavy atom. The molecule has 0 atom stereocenters. The molecule has 0 spiro atoms. The van der Waals surface area contributed by atoms with E-state index < -0.39 is 0 Å². The SMILES string of the molecule is CCCCSc1ncnc(N)c1Cl. The van der Waals surface area contributed by atoms with Crippen molar-refractivity contribution in [3.8, 4) is 0 Å². The van der Waals surface area contributed by atoms with E-state index in [4.69, 9.17) is 17.3 Å². The molecule has 0 fully saturated rings. The summed E-state index contributed by atoms with van der Waals surface area (Å²) in [6, 6.07) is 0. The molecule has 0 bridgehead atoms. The molecule has 0 aliphatic heterocycles. The molecule has 1 aromatic rings. The fraction of sp³-hybridized carbons (Fsp3) is 0.500. The highest BCUT2D eigenvalue weighted by molar-refractivity contribution is 7.99. The van der Waals surface area contributed by atoms with Crippen LogP contribution in [0.25, 0.3) is 0 Å². The molecule has 13 heavy (non-hydrogen) atoms. The van der Waals surface area contributed by atoms with Gasteiger partial charge in [-0.1, -0.05) is 24.9 Å². The lowest BCUT2D eigenvalue weighted by Gasteiger charge is -2.02. The molecule has 0 saturated carbocycles. The highest BCUT2D eigenvalue weighted by atomic mass is 35.5. The second kappa shape index (κ2) is 5.29. The van der Waals surface area contributed by atoms with Gasteiger partial charge in [0.1, 0.15) is 22.2 Å². The second-order valence-electron chi connectivity index (χ2n) is 2.58. The molecule has 5 heteroatoms. The second-order valence-corrected chi connectivity index (χ2v) is 4.04. The highest BCUT2D eigenvalue weighted by Crippen LogP contribution is 2.28. The molecular formula is C8H12ClN3S. The molecule has 0 amide bonds. The van der Waals surface area contributed by atoms with E-state index >= 15 is 0 Å². The van der Waals surface area contributed by atoms with E-state index in [0.29, 0.717) is 10.8 Å². The van der Waals surface area contributed by atoms with Gasteiger partial charge in [-0.3, -0.25) is 0 Å². The topological polar surface area (TPSA) is 51.8 Å². The Hall–Kier alpha value is -0.480. The van der Waals surface area contributed by atoms with Gasteiger partial charge in [-0.2, -0.15) is 0 Å². The number of unbranched alkanes of at least 4 members (excludes halogenated alkanes) is 1. The maximum absolute atomic E-state index is 5.90. The van der Waals surface area contributed by atoms with Gasteiger partial charge < -0.3 is 5.73 Å². The number of hydrogen-bond donors (Lipinski definition) is 1. The number of hydrogen-bond acceptors (Lipinski definition) is 4. The van der Waals surface area contributed by atoms with Crippen molar-refractivity contribution in [3.63, 3.8) is 0 Å². The molecule has 0 unspecified atom stereocenters. The zero-order valence-electron chi connectivity index (χ0n) is 7.46. The Labute approximate surface area is 87.1 Å². The average molecular weight is 218 g/mol. The van der Waals surface area contributed by atoms with Gasteiger partial charge in [-0.15, -0.1) is 11.8 Å². The van der Waals surface area contributed by atoms with Crippen LogP contribution in [0, 0.1) is 0 Å². The predicted octanol–water partition coefficient (Wildman–Crippen LogP) is 2.60. The van der Waals surface area contributed by atoms with Crippen molar-refractivity contribution >= 4 is 29.2 Å². The molecule has 1 rings (SSSR count). The van der Waals surface area contributed by atoms with Gasteiger partial charge >= 0.3 is 0 Å². The summed E-state index contributed by atoms with van der Waals surface area (Å²) in [7, 11) is 0. The molecule has 0 aromatic carbocycles. The predicted molar refractivity (Wildman–Crippen MR) is 57.1 cm³/mol. The number of rotatable bonds is 4. The molecule has 3 nitrogen and oxygen atoms in total. The van der Waals surface area contributed by atoms with E-state index in [1.165, 1.54) is 12.7 Å². The van der Waals surface area contributed by atoms with E-state index in [0.717, 1.165) is 17.2 Å². The first kappa shape index (κ1) is 10.6. The lowest BCUT2D eigenvalue weighted by Crippen LogP contribution is -1.94. The van der Waals surface area contributed by atoms with Gasteiger partial charge in [0, 0.05) is 0 Å². The molecule has 2 N–H and O–H groups in total. The van der Waals surface area contributed by atoms with Crippen LogP contribution in [0.15, 0.2) is 11.4 Å². The first-order valence-corrected chi connectivity index (χ1v) is 5.50. The van der Waals surface area contributed by atoms with Gasteiger partial charge in [0.2, 0.25) is 0 Å². The fourth-order valence-corrected chi connectivity index (χ4v) is 2.02. The van der Waals surface area contributed by atoms with Crippen LogP contribution >= 0.6 is 23.4 Å². The Balaban J connectivity index is 2.61. The number of aromatic nitrogens is 2. The summed E-state index contributed by atoms with van der Waals surface area (Å²) in [5.74, 6) is 1.38. The van der Waals surface area contributed by atoms with Crippen LogP contribution in [0.4, 0.5) is 5.82 Å². The Morgan fingerprint density at radius 2 is 2.31 bits per heavy atom. The molecule has 1 heterocycles. The lowest BCUT2D eigenvalue weighted by molar-refractivity contribution is 0.894. The third kappa shape index (κ3) is 3.04. The van der Waals surface area contributed by atoms with E-state index in [-0.39, 0.29) is 0 Å². The zero-order valence-corrected chi connectivity index (χ0v) is 9.03. The van der Waals surface area contributed by atoms with Gasteiger partial charge in [0.05, 0.1) is 0 Å². The number of anilines is 1. The average Bonchev–Trinajstić information content (AvgIpc) is 2.13. The van der Waals surface area contributed by atoms with Gasteiger partial charge in [-0.05, 0) is 12.2 Å². The standard InChI is InChI=1S/C8H12ClN3S/c1-2-3-4-13-8-6(9)7(10)11-5-12-8/h5H,2-4H2,1H3,(H2,10,11,12). The first-order valence-electron chi connectivity index (χ1n) is 4.14. The van der Waals surface area contributed by atoms with E-state index in [1.54, 1.807) is 11.8 Å². The Kier molecular flexibility index (Phi) is 4.32. The molecular weight excluding hydrogens is 206 g/mol. The number of halogens is 1. The van der Waals surface area contributed by atoms with Crippen molar-refractivity contribution in [1.82, 2.24) is 9.97 Å². The van der Waals surface area contributed by atoms with Crippen molar-refractivity contribution in [3.05, 3.63) is 11.3 Å². The van der Waals surface area contributed by atoms with E-state index in [1.807, 2.05) is 0 Å². The van der Waals surface area contributed by atoms with Crippen molar-refractivity contribution in [2.24, 2.45) is 0 Å². The van der Waals surface area contributed by atoms with Crippen molar-refractivity contribution in [2.45, 2.75) is 24.8 Å². The lowest BCUT2D eigenvalue weighted by atomic mass is 10.4. The van der Waals surface area contributed by atoms with Gasteiger partial charge in [-0.25, -0.2) is 9.97 Å². The minimum atomic E-state index is 0.357. The minimum absolute atomic E-state index is 0.357. The minimum Gasteiger partial charge on any atom is -0.382 e. The quantitative estimate of drug-likeness (QED) is 0.479. The van der Waals surface area contributed by atoms with Crippen LogP contribution in [-0.4, -0.2) is 15.7 Å². The van der Waals surface area contributed by atoms with Crippen LogP contribution in [0.2, 0.25) is 5.02 Å². The van der Waals surface area contributed by atoms with Crippen molar-refractivity contribution in [1.29, 1.82) is 0 Å². The summed E-state index contributed by atoms with van der Waals surface area (Å²) in [5, 5.41) is 1.26. The van der Waals surface area contributed by atoms with Crippen molar-refractivity contribution in [2.75, 3.05) is 11.5 Å². The molecule has 0 aliphatic carbocycles. The first-order chi connectivity index (χ1) is 6.25. The maximum Gasteiger partial charge on any atom is 0.146 e. The van der Waals surface area contributed by atoms with Crippen LogP contribution in [0.3, 0.4) is 0 Å². The van der Waals surface area contributed by atoms with Crippen LogP contribution in [0.5, 0.6) is 0 Å². The van der Waals surface area contributed by atoms with Gasteiger partial charge in [0.15, 0.2) is 0 Å². The van der Waals surface area contributed by atoms with Crippen LogP contribution < -0.4 is 5.73 Å². The summed E-state index contributed by atoms with van der Waals surface area (Å²) in [5.41, 5.74) is 5.53. The number of nitrogens with zero attached hydrogens (tertiary/aromatic N) is 2. The molecule has 0 saturated heterocycles. The monoisotopic (exact) mass is 217 g/mol. The fourth-order valence-electron chi connectivity index (χ4n) is 0.780. The van der Waals surface area contributed by atoms with Crippen LogP contribution in [-0.2, 0) is 0 Å². The summed E-state index contributed by atoms with van der Waals surface area (Å²) >= 11 is 7.52. The van der Waals surface area contributed by atoms with E-state index in [2.05, 4.69) is 16.9 Å². The van der Waals surface area contributed by atoms with Gasteiger partial charge in [0.25, 0.3) is 0 Å². The number of nitrogen functional groups attached to an aromatic ring is 1. The highest BCUT2D eigenvalue weighted by Gasteiger charge is 2.05. The van der Waals surface area contributed by atoms with Crippen LogP contribution in [0.1, 0.15) is 19.8 Å². The third-order valence-electron chi connectivity index (χ3n) is 1.52. The molecule has 0 aliphatic rings. The summed E-state index contributed by atoms with van der Waals surface area (Å²) in [6.07, 6.45) is 3.77. The Morgan fingerprint density at radius 1 is 1.54 bits per heavy atom.